The lowest BCUT2D eigenvalue weighted by atomic mass is 10.0. The summed E-state index contributed by atoms with van der Waals surface area (Å²) in [7, 11) is 0. The highest BCUT2D eigenvalue weighted by atomic mass is 79.9. The third-order valence-electron chi connectivity index (χ3n) is 2.50. The van der Waals surface area contributed by atoms with Gasteiger partial charge >= 0.3 is 0 Å². The van der Waals surface area contributed by atoms with Gasteiger partial charge in [-0.1, -0.05) is 24.3 Å². The van der Waals surface area contributed by atoms with Gasteiger partial charge in [0, 0.05) is 26.9 Å². The van der Waals surface area contributed by atoms with Gasteiger partial charge < -0.3 is 4.42 Å². The van der Waals surface area contributed by atoms with Crippen LogP contribution in [0, 0.1) is 5.82 Å². The van der Waals surface area contributed by atoms with Crippen LogP contribution in [0.5, 0.6) is 0 Å². The predicted octanol–water partition coefficient (Wildman–Crippen LogP) is 3.79. The Labute approximate surface area is 104 Å². The van der Waals surface area contributed by atoms with E-state index in [-0.39, 0.29) is 5.82 Å². The second kappa shape index (κ2) is 3.92. The van der Waals surface area contributed by atoms with Crippen molar-refractivity contribution in [2.45, 2.75) is 0 Å². The Morgan fingerprint density at radius 3 is 2.47 bits per heavy atom. The molecule has 5 heteroatoms. The molecule has 0 aliphatic heterocycles. The Bertz CT molecular complexity index is 696. The SMILES string of the molecule is Fc1ccc(-c2nnc(Br)o2)c2ccccc12. The van der Waals surface area contributed by atoms with Crippen LogP contribution >= 0.6 is 15.9 Å². The van der Waals surface area contributed by atoms with Crippen molar-refractivity contribution in [3.63, 3.8) is 0 Å². The van der Waals surface area contributed by atoms with Crippen molar-refractivity contribution >= 4 is 26.7 Å². The van der Waals surface area contributed by atoms with E-state index in [1.165, 1.54) is 6.07 Å². The molecule has 0 N–H and O–H groups in total. The Morgan fingerprint density at radius 1 is 1.00 bits per heavy atom. The molecule has 0 amide bonds. The molecule has 0 atom stereocenters. The normalized spacial score (nSPS) is 10.9. The number of nitrogens with zero attached hydrogens (tertiary/aromatic N) is 2. The molecule has 0 unspecified atom stereocenters. The number of aromatic nitrogens is 2. The summed E-state index contributed by atoms with van der Waals surface area (Å²) in [6.45, 7) is 0. The first-order valence-electron chi connectivity index (χ1n) is 4.92. The topological polar surface area (TPSA) is 38.9 Å². The lowest BCUT2D eigenvalue weighted by Gasteiger charge is -2.03. The van der Waals surface area contributed by atoms with Gasteiger partial charge in [-0.05, 0) is 17.5 Å². The minimum Gasteiger partial charge on any atom is -0.411 e. The van der Waals surface area contributed by atoms with E-state index in [1.807, 2.05) is 12.1 Å². The molecule has 84 valence electrons. The van der Waals surface area contributed by atoms with Gasteiger partial charge in [0.25, 0.3) is 4.80 Å². The number of halogens is 2. The molecule has 1 heterocycles. The van der Waals surface area contributed by atoms with Gasteiger partial charge in [-0.2, -0.15) is 0 Å². The van der Waals surface area contributed by atoms with Gasteiger partial charge in [-0.25, -0.2) is 4.39 Å². The second-order valence-corrected chi connectivity index (χ2v) is 4.18. The third-order valence-corrected chi connectivity index (χ3v) is 2.82. The monoisotopic (exact) mass is 292 g/mol. The van der Waals surface area contributed by atoms with Gasteiger partial charge in [0.2, 0.25) is 5.89 Å². The molecule has 0 fully saturated rings. The Morgan fingerprint density at radius 2 is 1.76 bits per heavy atom. The van der Waals surface area contributed by atoms with Crippen molar-refractivity contribution in [2.75, 3.05) is 0 Å². The van der Waals surface area contributed by atoms with Crippen LogP contribution in [0.15, 0.2) is 45.6 Å². The van der Waals surface area contributed by atoms with E-state index in [4.69, 9.17) is 4.42 Å². The number of hydrogen-bond acceptors (Lipinski definition) is 3. The van der Waals surface area contributed by atoms with Gasteiger partial charge in [0.05, 0.1) is 0 Å². The summed E-state index contributed by atoms with van der Waals surface area (Å²) in [6, 6.07) is 10.2. The summed E-state index contributed by atoms with van der Waals surface area (Å²) in [5, 5.41) is 8.90. The van der Waals surface area contributed by atoms with E-state index in [0.717, 1.165) is 10.9 Å². The van der Waals surface area contributed by atoms with Crippen LogP contribution < -0.4 is 0 Å². The van der Waals surface area contributed by atoms with Gasteiger partial charge in [-0.3, -0.25) is 0 Å². The molecule has 0 bridgehead atoms. The van der Waals surface area contributed by atoms with Crippen LogP contribution in [0.2, 0.25) is 0 Å². The first-order chi connectivity index (χ1) is 8.25. The summed E-state index contributed by atoms with van der Waals surface area (Å²) in [5.41, 5.74) is 0.722. The van der Waals surface area contributed by atoms with E-state index in [2.05, 4.69) is 26.1 Å². The Balaban J connectivity index is 2.34. The van der Waals surface area contributed by atoms with Crippen molar-refractivity contribution in [1.29, 1.82) is 0 Å². The highest BCUT2D eigenvalue weighted by Gasteiger charge is 2.12. The number of fused-ring (bicyclic) bond motifs is 1. The van der Waals surface area contributed by atoms with Crippen molar-refractivity contribution in [3.05, 3.63) is 47.0 Å². The Kier molecular flexibility index (Phi) is 2.40. The van der Waals surface area contributed by atoms with Crippen LogP contribution in [-0.2, 0) is 0 Å². The minimum absolute atomic E-state index is 0.261. The summed E-state index contributed by atoms with van der Waals surface area (Å²) in [6.07, 6.45) is 0. The van der Waals surface area contributed by atoms with Crippen LogP contribution in [0.25, 0.3) is 22.2 Å². The zero-order valence-corrected chi connectivity index (χ0v) is 10.1. The smallest absolute Gasteiger partial charge is 0.285 e. The first kappa shape index (κ1) is 10.4. The number of rotatable bonds is 1. The average Bonchev–Trinajstić information content (AvgIpc) is 2.77. The quantitative estimate of drug-likeness (QED) is 0.685. The molecule has 0 saturated heterocycles. The largest absolute Gasteiger partial charge is 0.411 e. The summed E-state index contributed by atoms with van der Waals surface area (Å²) < 4.78 is 18.9. The lowest BCUT2D eigenvalue weighted by Crippen LogP contribution is -1.85. The molecule has 0 aliphatic carbocycles. The molecule has 3 rings (SSSR count). The van der Waals surface area contributed by atoms with E-state index in [0.29, 0.717) is 16.1 Å². The van der Waals surface area contributed by atoms with Crippen molar-refractivity contribution in [3.8, 4) is 11.5 Å². The van der Waals surface area contributed by atoms with E-state index < -0.39 is 0 Å². The van der Waals surface area contributed by atoms with Crippen LogP contribution in [0.3, 0.4) is 0 Å². The van der Waals surface area contributed by atoms with Crippen molar-refractivity contribution in [2.24, 2.45) is 0 Å². The molecule has 0 spiro atoms. The highest BCUT2D eigenvalue weighted by molar-refractivity contribution is 9.10. The van der Waals surface area contributed by atoms with Crippen LogP contribution in [0.4, 0.5) is 4.39 Å². The van der Waals surface area contributed by atoms with E-state index in [9.17, 15) is 4.39 Å². The zero-order chi connectivity index (χ0) is 11.8. The minimum atomic E-state index is -0.261. The predicted molar refractivity (Wildman–Crippen MR) is 64.9 cm³/mol. The lowest BCUT2D eigenvalue weighted by molar-refractivity contribution is 0.541. The molecule has 0 aliphatic rings. The fraction of sp³-hybridized carbons (Fsp3) is 0. The molecule has 1 aromatic heterocycles. The first-order valence-corrected chi connectivity index (χ1v) is 5.71. The number of benzene rings is 2. The average molecular weight is 293 g/mol. The summed E-state index contributed by atoms with van der Waals surface area (Å²) >= 11 is 3.09. The van der Waals surface area contributed by atoms with Crippen molar-refractivity contribution in [1.82, 2.24) is 10.2 Å². The van der Waals surface area contributed by atoms with Crippen molar-refractivity contribution < 1.29 is 8.81 Å². The molecule has 0 saturated carbocycles. The highest BCUT2D eigenvalue weighted by Crippen LogP contribution is 2.29. The molecule has 2 aromatic carbocycles. The fourth-order valence-electron chi connectivity index (χ4n) is 1.76. The Hall–Kier alpha value is -1.75. The van der Waals surface area contributed by atoms with Gasteiger partial charge in [-0.15, -0.1) is 10.2 Å². The molecular formula is C12H6BrFN2O. The maximum atomic E-state index is 13.6. The molecule has 0 radical (unpaired) electrons. The van der Waals surface area contributed by atoms with Crippen LogP contribution in [-0.4, -0.2) is 10.2 Å². The maximum Gasteiger partial charge on any atom is 0.285 e. The molecule has 3 nitrogen and oxygen atoms in total. The third kappa shape index (κ3) is 1.72. The van der Waals surface area contributed by atoms with E-state index in [1.54, 1.807) is 18.2 Å². The van der Waals surface area contributed by atoms with Gasteiger partial charge in [0.1, 0.15) is 5.82 Å². The fourth-order valence-corrected chi connectivity index (χ4v) is 2.00. The summed E-state index contributed by atoms with van der Waals surface area (Å²) in [5.74, 6) is 0.107. The number of hydrogen-bond donors (Lipinski definition) is 0. The maximum absolute atomic E-state index is 13.6. The standard InChI is InChI=1S/C12H6BrFN2O/c13-12-16-15-11(17-12)9-5-6-10(14)8-4-2-1-3-7(8)9/h1-6H. The van der Waals surface area contributed by atoms with Gasteiger partial charge in [0.15, 0.2) is 0 Å². The zero-order valence-electron chi connectivity index (χ0n) is 8.52. The summed E-state index contributed by atoms with van der Waals surface area (Å²) in [4.78, 5) is 0.306. The van der Waals surface area contributed by atoms with E-state index >= 15 is 0 Å². The molecule has 17 heavy (non-hydrogen) atoms. The van der Waals surface area contributed by atoms with Crippen LogP contribution in [0.1, 0.15) is 0 Å². The molecule has 3 aromatic rings. The second-order valence-electron chi connectivity index (χ2n) is 3.50. The molecular weight excluding hydrogens is 287 g/mol.